The van der Waals surface area contributed by atoms with Crippen LogP contribution in [-0.2, 0) is 27.8 Å². The number of fused-ring (bicyclic) bond motifs is 2. The van der Waals surface area contributed by atoms with Crippen LogP contribution >= 0.6 is 0 Å². The lowest BCUT2D eigenvalue weighted by Crippen LogP contribution is -2.44. The van der Waals surface area contributed by atoms with Crippen LogP contribution in [0.1, 0.15) is 51.6 Å². The fraction of sp³-hybridized carbons (Fsp3) is 0.630. The highest BCUT2D eigenvalue weighted by molar-refractivity contribution is 6.00. The molecule has 3 aliphatic heterocycles. The van der Waals surface area contributed by atoms with Crippen molar-refractivity contribution in [2.45, 2.75) is 58.1 Å². The van der Waals surface area contributed by atoms with Gasteiger partial charge in [0.2, 0.25) is 11.8 Å². The number of nitrogens with one attached hydrogen (secondary N) is 1. The van der Waals surface area contributed by atoms with Crippen LogP contribution in [0, 0.1) is 11.8 Å². The van der Waals surface area contributed by atoms with Crippen molar-refractivity contribution in [1.82, 2.24) is 24.3 Å². The molecule has 10 heteroatoms. The van der Waals surface area contributed by atoms with Gasteiger partial charge in [-0.25, -0.2) is 9.59 Å². The highest BCUT2D eigenvalue weighted by Gasteiger charge is 2.42. The number of carbonyl (C=O) groups excluding carboxylic acids is 3. The molecule has 37 heavy (non-hydrogen) atoms. The number of carbonyl (C=O) groups is 3. The number of rotatable bonds is 5. The van der Waals surface area contributed by atoms with E-state index in [0.29, 0.717) is 18.3 Å². The third-order valence-electron chi connectivity index (χ3n) is 7.84. The first-order valence-electron chi connectivity index (χ1n) is 13.2. The number of hydrogen-bond acceptors (Lipinski definition) is 6. The molecule has 0 bridgehead atoms. The third kappa shape index (κ3) is 5.03. The van der Waals surface area contributed by atoms with Gasteiger partial charge in [-0.2, -0.15) is 0 Å². The van der Waals surface area contributed by atoms with Gasteiger partial charge in [0.25, 0.3) is 0 Å². The maximum absolute atomic E-state index is 13.1. The Morgan fingerprint density at radius 2 is 1.78 bits per heavy atom. The van der Waals surface area contributed by atoms with Gasteiger partial charge in [0.1, 0.15) is 11.6 Å². The van der Waals surface area contributed by atoms with Crippen LogP contribution in [0.4, 0.5) is 4.79 Å². The Bertz CT molecular complexity index is 1270. The van der Waals surface area contributed by atoms with Crippen molar-refractivity contribution in [1.29, 1.82) is 0 Å². The van der Waals surface area contributed by atoms with Gasteiger partial charge in [-0.05, 0) is 70.0 Å². The largest absolute Gasteiger partial charge is 0.444 e. The van der Waals surface area contributed by atoms with Gasteiger partial charge < -0.3 is 14.5 Å². The minimum atomic E-state index is -0.673. The fourth-order valence-corrected chi connectivity index (χ4v) is 6.19. The number of benzene rings is 1. The average Bonchev–Trinajstić information content (AvgIpc) is 3.45. The lowest BCUT2D eigenvalue weighted by atomic mass is 10.0. The van der Waals surface area contributed by atoms with Crippen molar-refractivity contribution < 1.29 is 19.1 Å². The summed E-state index contributed by atoms with van der Waals surface area (Å²) in [5.74, 6) is 0.263. The Kier molecular flexibility index (Phi) is 6.64. The summed E-state index contributed by atoms with van der Waals surface area (Å²) in [6.45, 7) is 10.1. The summed E-state index contributed by atoms with van der Waals surface area (Å²) in [5, 5.41) is 2.36. The van der Waals surface area contributed by atoms with Crippen molar-refractivity contribution in [3.05, 3.63) is 34.2 Å². The first-order chi connectivity index (χ1) is 17.5. The first kappa shape index (κ1) is 25.5. The molecule has 1 aromatic carbocycles. The number of para-hydroxylation sites is 1. The minimum absolute atomic E-state index is 0.212. The zero-order valence-corrected chi connectivity index (χ0v) is 22.2. The number of ether oxygens (including phenoxy) is 1. The molecule has 3 aliphatic rings. The van der Waals surface area contributed by atoms with E-state index in [1.54, 1.807) is 16.2 Å². The second-order valence-corrected chi connectivity index (χ2v) is 11.7. The molecule has 3 unspecified atom stereocenters. The summed E-state index contributed by atoms with van der Waals surface area (Å²) < 4.78 is 8.71. The second-order valence-electron chi connectivity index (χ2n) is 11.7. The fourth-order valence-electron chi connectivity index (χ4n) is 6.19. The molecule has 3 atom stereocenters. The molecule has 0 radical (unpaired) electrons. The third-order valence-corrected chi connectivity index (χ3v) is 7.84. The minimum Gasteiger partial charge on any atom is -0.444 e. The van der Waals surface area contributed by atoms with Gasteiger partial charge >= 0.3 is 11.8 Å². The molecule has 2 aromatic rings. The molecule has 3 saturated heterocycles. The van der Waals surface area contributed by atoms with Gasteiger partial charge in [-0.15, -0.1) is 0 Å². The van der Waals surface area contributed by atoms with E-state index in [1.807, 2.05) is 43.9 Å². The van der Waals surface area contributed by atoms with E-state index in [4.69, 9.17) is 4.74 Å². The number of imide groups is 1. The van der Waals surface area contributed by atoms with E-state index in [1.165, 1.54) is 0 Å². The lowest BCUT2D eigenvalue weighted by Gasteiger charge is -2.26. The maximum atomic E-state index is 13.1. The standard InChI is InChI=1S/C27H37N5O5/c1-27(2,3)37-26(36)31-15-18-13-30(14-19(18)16-31)12-6-8-17-7-5-9-20-23(17)29(4)25(35)32(20)21-10-11-22(33)28-24(21)34/h5,7,9,18-19,21H,6,8,10-16H2,1-4H3,(H,28,33,34). The van der Waals surface area contributed by atoms with Gasteiger partial charge in [0.05, 0.1) is 11.0 Å². The average molecular weight is 512 g/mol. The van der Waals surface area contributed by atoms with Crippen LogP contribution in [0.2, 0.25) is 0 Å². The quantitative estimate of drug-likeness (QED) is 0.616. The van der Waals surface area contributed by atoms with E-state index in [9.17, 15) is 19.2 Å². The molecule has 0 spiro atoms. The van der Waals surface area contributed by atoms with Crippen molar-refractivity contribution in [2.24, 2.45) is 18.9 Å². The van der Waals surface area contributed by atoms with Crippen molar-refractivity contribution in [3.8, 4) is 0 Å². The zero-order chi connectivity index (χ0) is 26.5. The highest BCUT2D eigenvalue weighted by atomic mass is 16.6. The Morgan fingerprint density at radius 1 is 1.08 bits per heavy atom. The molecule has 3 fully saturated rings. The summed E-state index contributed by atoms with van der Waals surface area (Å²) in [6.07, 6.45) is 2.12. The first-order valence-corrected chi connectivity index (χ1v) is 13.2. The van der Waals surface area contributed by atoms with Crippen molar-refractivity contribution >= 4 is 28.9 Å². The number of imidazole rings is 1. The number of hydrogen-bond donors (Lipinski definition) is 1. The molecule has 10 nitrogen and oxygen atoms in total. The Balaban J connectivity index is 1.21. The topological polar surface area (TPSA) is 106 Å². The van der Waals surface area contributed by atoms with Crippen LogP contribution < -0.4 is 11.0 Å². The van der Waals surface area contributed by atoms with E-state index in [-0.39, 0.29) is 24.1 Å². The van der Waals surface area contributed by atoms with Gasteiger partial charge in [-0.3, -0.25) is 24.0 Å². The molecule has 1 aromatic heterocycles. The van der Waals surface area contributed by atoms with Gasteiger partial charge in [-0.1, -0.05) is 12.1 Å². The molecule has 3 amide bonds. The summed E-state index contributed by atoms with van der Waals surface area (Å²) in [4.78, 5) is 54.0. The molecule has 4 heterocycles. The van der Waals surface area contributed by atoms with E-state index >= 15 is 0 Å². The molecular weight excluding hydrogens is 474 g/mol. The van der Waals surface area contributed by atoms with Crippen molar-refractivity contribution in [3.63, 3.8) is 0 Å². The Hall–Kier alpha value is -3.14. The van der Waals surface area contributed by atoms with E-state index in [0.717, 1.165) is 62.2 Å². The number of aromatic nitrogens is 2. The predicted octanol–water partition coefficient (Wildman–Crippen LogP) is 2.05. The molecule has 1 N–H and O–H groups in total. The summed E-state index contributed by atoms with van der Waals surface area (Å²) in [6, 6.07) is 5.19. The smallest absolute Gasteiger partial charge is 0.410 e. The Labute approximate surface area is 216 Å². The second kappa shape index (κ2) is 9.63. The van der Waals surface area contributed by atoms with Crippen LogP contribution in [0.15, 0.2) is 23.0 Å². The molecule has 0 aliphatic carbocycles. The summed E-state index contributed by atoms with van der Waals surface area (Å²) >= 11 is 0. The van der Waals surface area contributed by atoms with Crippen molar-refractivity contribution in [2.75, 3.05) is 32.7 Å². The number of nitrogens with zero attached hydrogens (tertiary/aromatic N) is 4. The van der Waals surface area contributed by atoms with Crippen LogP contribution in [-0.4, -0.2) is 75.2 Å². The van der Waals surface area contributed by atoms with Gasteiger partial charge in [0.15, 0.2) is 0 Å². The number of amides is 3. The van der Waals surface area contributed by atoms with E-state index in [2.05, 4.69) is 10.2 Å². The number of likely N-dealkylation sites (tertiary alicyclic amines) is 2. The van der Waals surface area contributed by atoms with Crippen LogP contribution in [0.3, 0.4) is 0 Å². The zero-order valence-electron chi connectivity index (χ0n) is 22.2. The number of piperidine rings is 1. The molecule has 0 saturated carbocycles. The predicted molar refractivity (Wildman–Crippen MR) is 138 cm³/mol. The molecule has 5 rings (SSSR count). The normalized spacial score (nSPS) is 24.5. The van der Waals surface area contributed by atoms with Crippen LogP contribution in [0.25, 0.3) is 11.0 Å². The van der Waals surface area contributed by atoms with Crippen LogP contribution in [0.5, 0.6) is 0 Å². The Morgan fingerprint density at radius 3 is 2.43 bits per heavy atom. The van der Waals surface area contributed by atoms with E-state index < -0.39 is 17.6 Å². The maximum Gasteiger partial charge on any atom is 0.410 e. The SMILES string of the molecule is Cn1c(=O)n(C2CCC(=O)NC2=O)c2cccc(CCCN3CC4CN(C(=O)OC(C)(C)C)CC4C3)c21. The molecule has 200 valence electrons. The summed E-state index contributed by atoms with van der Waals surface area (Å²) in [7, 11) is 1.74. The monoisotopic (exact) mass is 511 g/mol. The van der Waals surface area contributed by atoms with Gasteiger partial charge in [0, 0.05) is 39.6 Å². The molecular formula is C27H37N5O5. The highest BCUT2D eigenvalue weighted by Crippen LogP contribution is 2.32. The lowest BCUT2D eigenvalue weighted by molar-refractivity contribution is -0.135. The number of aryl methyl sites for hydroxylation is 2. The summed E-state index contributed by atoms with van der Waals surface area (Å²) in [5.41, 5.74) is 1.95.